The van der Waals surface area contributed by atoms with Gasteiger partial charge in [-0.15, -0.1) is 11.3 Å². The van der Waals surface area contributed by atoms with Gasteiger partial charge in [0.2, 0.25) is 0 Å². The van der Waals surface area contributed by atoms with E-state index in [0.717, 1.165) is 27.1 Å². The van der Waals surface area contributed by atoms with E-state index in [9.17, 15) is 28.2 Å². The van der Waals surface area contributed by atoms with Crippen molar-refractivity contribution in [3.8, 4) is 5.69 Å². The molecule has 0 atom stereocenters. The Hall–Kier alpha value is -3.17. The highest BCUT2D eigenvalue weighted by atomic mass is 32.1. The van der Waals surface area contributed by atoms with Crippen molar-refractivity contribution in [2.45, 2.75) is 26.1 Å². The van der Waals surface area contributed by atoms with Gasteiger partial charge in [0.15, 0.2) is 0 Å². The van der Waals surface area contributed by atoms with Crippen molar-refractivity contribution in [2.24, 2.45) is 0 Å². The zero-order valence-electron chi connectivity index (χ0n) is 16.3. The van der Waals surface area contributed by atoms with Gasteiger partial charge in [0, 0.05) is 11.3 Å². The first kappa shape index (κ1) is 21.1. The molecule has 0 amide bonds. The highest BCUT2D eigenvalue weighted by Gasteiger charge is 2.30. The van der Waals surface area contributed by atoms with Crippen LogP contribution in [0.5, 0.6) is 0 Å². The van der Waals surface area contributed by atoms with Gasteiger partial charge in [0.1, 0.15) is 5.56 Å². The molecule has 0 bridgehead atoms. The van der Waals surface area contributed by atoms with Crippen molar-refractivity contribution in [2.75, 3.05) is 0 Å². The Balaban J connectivity index is 1.77. The molecule has 2 aromatic carbocycles. The summed E-state index contributed by atoms with van der Waals surface area (Å²) in [5, 5.41) is 24.4. The molecule has 4 aromatic rings. The Morgan fingerprint density at radius 3 is 2.58 bits per heavy atom. The van der Waals surface area contributed by atoms with E-state index < -0.39 is 24.3 Å². The van der Waals surface area contributed by atoms with Gasteiger partial charge < -0.3 is 10.2 Å². The van der Waals surface area contributed by atoms with Crippen molar-refractivity contribution < 1.29 is 28.2 Å². The molecule has 2 heterocycles. The standard InChI is InChI=1S/C22H17F3N2O3S/c1-12-19(21(29)30)18(11-28)27(26-12)17-7-3-5-14-10-16(31-20(14)17)9-13-4-2-6-15(8-13)22(23,24)25/h2-8,10,28H,9,11H2,1H3,(H,29,30). The van der Waals surface area contributed by atoms with E-state index in [0.29, 0.717) is 17.7 Å². The summed E-state index contributed by atoms with van der Waals surface area (Å²) in [4.78, 5) is 12.4. The molecule has 0 radical (unpaired) electrons. The number of carboxylic acid groups (broad SMARTS) is 1. The van der Waals surface area contributed by atoms with Gasteiger partial charge in [0.05, 0.1) is 33.9 Å². The van der Waals surface area contributed by atoms with E-state index in [1.54, 1.807) is 25.1 Å². The number of carboxylic acids is 1. The molecule has 0 fully saturated rings. The Kier molecular flexibility index (Phi) is 5.32. The molecule has 0 aliphatic rings. The summed E-state index contributed by atoms with van der Waals surface area (Å²) in [5.41, 5.74) is 0.881. The van der Waals surface area contributed by atoms with E-state index in [4.69, 9.17) is 0 Å². The fourth-order valence-electron chi connectivity index (χ4n) is 3.61. The number of aliphatic hydroxyl groups is 1. The smallest absolute Gasteiger partial charge is 0.416 e. The van der Waals surface area contributed by atoms with E-state index in [-0.39, 0.29) is 17.0 Å². The van der Waals surface area contributed by atoms with Crippen molar-refractivity contribution in [1.82, 2.24) is 9.78 Å². The minimum Gasteiger partial charge on any atom is -0.478 e. The van der Waals surface area contributed by atoms with Gasteiger partial charge in [-0.05, 0) is 36.1 Å². The SMILES string of the molecule is Cc1nn(-c2cccc3cc(Cc4cccc(C(F)(F)F)c4)sc23)c(CO)c1C(=O)O. The topological polar surface area (TPSA) is 75.3 Å². The number of aryl methyl sites for hydroxylation is 1. The van der Waals surface area contributed by atoms with E-state index in [2.05, 4.69) is 5.10 Å². The number of alkyl halides is 3. The van der Waals surface area contributed by atoms with Crippen LogP contribution in [0.1, 0.15) is 37.7 Å². The zero-order chi connectivity index (χ0) is 22.3. The van der Waals surface area contributed by atoms with Gasteiger partial charge >= 0.3 is 12.1 Å². The molecule has 0 saturated heterocycles. The molecule has 4 rings (SSSR count). The van der Waals surface area contributed by atoms with Crippen molar-refractivity contribution in [3.63, 3.8) is 0 Å². The number of carbonyl (C=O) groups is 1. The number of thiophene rings is 1. The number of hydrogen-bond donors (Lipinski definition) is 2. The van der Waals surface area contributed by atoms with Crippen molar-refractivity contribution in [3.05, 3.63) is 81.5 Å². The lowest BCUT2D eigenvalue weighted by atomic mass is 10.1. The largest absolute Gasteiger partial charge is 0.478 e. The lowest BCUT2D eigenvalue weighted by Crippen LogP contribution is -2.06. The van der Waals surface area contributed by atoms with Gasteiger partial charge in [-0.25, -0.2) is 9.48 Å². The van der Waals surface area contributed by atoms with Crippen LogP contribution in [0.15, 0.2) is 48.5 Å². The maximum absolute atomic E-state index is 13.0. The predicted octanol–water partition coefficient (Wildman–Crippen LogP) is 5.20. The third kappa shape index (κ3) is 3.94. The first-order chi connectivity index (χ1) is 14.7. The summed E-state index contributed by atoms with van der Waals surface area (Å²) >= 11 is 1.40. The van der Waals surface area contributed by atoms with E-state index in [1.807, 2.05) is 12.1 Å². The summed E-state index contributed by atoms with van der Waals surface area (Å²) in [7, 11) is 0. The second-order valence-corrected chi connectivity index (χ2v) is 8.20. The highest BCUT2D eigenvalue weighted by Crippen LogP contribution is 2.35. The number of aromatic nitrogens is 2. The summed E-state index contributed by atoms with van der Waals surface area (Å²) in [6, 6.07) is 12.6. The molecule has 0 saturated carbocycles. The third-order valence-corrected chi connectivity index (χ3v) is 6.13. The molecule has 0 aliphatic carbocycles. The summed E-state index contributed by atoms with van der Waals surface area (Å²) < 4.78 is 41.3. The number of aliphatic hydroxyl groups excluding tert-OH is 1. The molecule has 0 aliphatic heterocycles. The second kappa shape index (κ2) is 7.82. The molecule has 0 unspecified atom stereocenters. The summed E-state index contributed by atoms with van der Waals surface area (Å²) in [6.45, 7) is 1.06. The highest BCUT2D eigenvalue weighted by molar-refractivity contribution is 7.19. The van der Waals surface area contributed by atoms with Gasteiger partial charge in [-0.3, -0.25) is 0 Å². The lowest BCUT2D eigenvalue weighted by molar-refractivity contribution is -0.137. The number of hydrogen-bond acceptors (Lipinski definition) is 4. The minimum atomic E-state index is -4.40. The molecule has 5 nitrogen and oxygen atoms in total. The van der Waals surface area contributed by atoms with Crippen LogP contribution in [0.4, 0.5) is 13.2 Å². The van der Waals surface area contributed by atoms with Gasteiger partial charge in [0.25, 0.3) is 0 Å². The molecule has 0 spiro atoms. The zero-order valence-corrected chi connectivity index (χ0v) is 17.1. The number of benzene rings is 2. The average Bonchev–Trinajstić information content (AvgIpc) is 3.27. The van der Waals surface area contributed by atoms with Crippen LogP contribution >= 0.6 is 11.3 Å². The molecule has 31 heavy (non-hydrogen) atoms. The third-order valence-electron chi connectivity index (χ3n) is 4.95. The lowest BCUT2D eigenvalue weighted by Gasteiger charge is -2.08. The Morgan fingerprint density at radius 1 is 1.16 bits per heavy atom. The van der Waals surface area contributed by atoms with Crippen LogP contribution in [0.3, 0.4) is 0 Å². The van der Waals surface area contributed by atoms with E-state index >= 15 is 0 Å². The number of rotatable bonds is 5. The van der Waals surface area contributed by atoms with Crippen LogP contribution in [0.2, 0.25) is 0 Å². The summed E-state index contributed by atoms with van der Waals surface area (Å²) in [5.74, 6) is -1.17. The van der Waals surface area contributed by atoms with Crippen LogP contribution in [0, 0.1) is 6.92 Å². The number of aromatic carboxylic acids is 1. The second-order valence-electron chi connectivity index (χ2n) is 7.07. The molecule has 9 heteroatoms. The molecular weight excluding hydrogens is 429 g/mol. The number of fused-ring (bicyclic) bond motifs is 1. The Morgan fingerprint density at radius 2 is 1.90 bits per heavy atom. The maximum Gasteiger partial charge on any atom is 0.416 e. The van der Waals surface area contributed by atoms with Crippen molar-refractivity contribution >= 4 is 27.4 Å². The summed E-state index contributed by atoms with van der Waals surface area (Å²) in [6.07, 6.45) is -4.07. The predicted molar refractivity (Wildman–Crippen MR) is 111 cm³/mol. The molecule has 2 N–H and O–H groups in total. The maximum atomic E-state index is 13.0. The Labute approximate surface area is 179 Å². The van der Waals surface area contributed by atoms with E-state index in [1.165, 1.54) is 22.1 Å². The van der Waals surface area contributed by atoms with Crippen molar-refractivity contribution in [1.29, 1.82) is 0 Å². The normalized spacial score (nSPS) is 11.9. The molecule has 2 aromatic heterocycles. The number of halogens is 3. The monoisotopic (exact) mass is 446 g/mol. The minimum absolute atomic E-state index is 0.0414. The van der Waals surface area contributed by atoms with Crippen LogP contribution in [-0.4, -0.2) is 26.0 Å². The molecular formula is C22H17F3N2O3S. The fraction of sp³-hybridized carbons (Fsp3) is 0.182. The first-order valence-electron chi connectivity index (χ1n) is 9.29. The van der Waals surface area contributed by atoms with Gasteiger partial charge in [-0.1, -0.05) is 30.3 Å². The van der Waals surface area contributed by atoms with Crippen LogP contribution in [0.25, 0.3) is 15.8 Å². The van der Waals surface area contributed by atoms with Gasteiger partial charge in [-0.2, -0.15) is 18.3 Å². The first-order valence-corrected chi connectivity index (χ1v) is 10.1. The van der Waals surface area contributed by atoms with Crippen LogP contribution < -0.4 is 0 Å². The molecule has 160 valence electrons. The number of nitrogens with zero attached hydrogens (tertiary/aromatic N) is 2. The fourth-order valence-corrected chi connectivity index (χ4v) is 4.80. The quantitative estimate of drug-likeness (QED) is 0.442. The van der Waals surface area contributed by atoms with Crippen LogP contribution in [-0.2, 0) is 19.2 Å². The Bertz CT molecular complexity index is 1290. The average molecular weight is 446 g/mol.